The summed E-state index contributed by atoms with van der Waals surface area (Å²) in [6.07, 6.45) is 0.391. The van der Waals surface area contributed by atoms with Crippen LogP contribution in [0.15, 0.2) is 22.7 Å². The van der Waals surface area contributed by atoms with Crippen molar-refractivity contribution in [1.82, 2.24) is 10.6 Å². The molecule has 0 saturated carbocycles. The number of hydrogen-bond donors (Lipinski definition) is 2. The van der Waals surface area contributed by atoms with Gasteiger partial charge in [0.05, 0.1) is 4.92 Å². The zero-order chi connectivity index (χ0) is 16.0. The lowest BCUT2D eigenvalue weighted by Gasteiger charge is -2.20. The fraction of sp³-hybridized carbons (Fsp3) is 0.500. The van der Waals surface area contributed by atoms with Gasteiger partial charge in [-0.05, 0) is 32.4 Å². The summed E-state index contributed by atoms with van der Waals surface area (Å²) in [5.41, 5.74) is 0.741. The van der Waals surface area contributed by atoms with Gasteiger partial charge in [-0.25, -0.2) is 0 Å². The molecule has 0 bridgehead atoms. The molecule has 21 heavy (non-hydrogen) atoms. The van der Waals surface area contributed by atoms with E-state index in [2.05, 4.69) is 26.6 Å². The molecule has 1 aromatic carbocycles. The van der Waals surface area contributed by atoms with E-state index >= 15 is 0 Å². The Balaban J connectivity index is 2.40. The van der Waals surface area contributed by atoms with Crippen molar-refractivity contribution in [3.63, 3.8) is 0 Å². The molecule has 0 aliphatic carbocycles. The molecule has 0 radical (unpaired) electrons. The molecule has 0 saturated heterocycles. The second-order valence-electron chi connectivity index (χ2n) is 5.76. The van der Waals surface area contributed by atoms with Crippen molar-refractivity contribution in [2.45, 2.75) is 39.3 Å². The normalized spacial score (nSPS) is 11.2. The van der Waals surface area contributed by atoms with Gasteiger partial charge in [-0.1, -0.05) is 15.9 Å². The first-order valence-corrected chi connectivity index (χ1v) is 7.43. The van der Waals surface area contributed by atoms with Crippen LogP contribution in [0.3, 0.4) is 0 Å². The van der Waals surface area contributed by atoms with Crippen molar-refractivity contribution in [2.75, 3.05) is 6.54 Å². The van der Waals surface area contributed by atoms with Crippen LogP contribution in [0.25, 0.3) is 0 Å². The first-order valence-electron chi connectivity index (χ1n) is 6.63. The number of nitrogens with one attached hydrogen (secondary N) is 2. The minimum absolute atomic E-state index is 0.00207. The van der Waals surface area contributed by atoms with E-state index in [-0.39, 0.29) is 17.1 Å². The average Bonchev–Trinajstić information content (AvgIpc) is 2.33. The monoisotopic (exact) mass is 357 g/mol. The van der Waals surface area contributed by atoms with E-state index in [0.29, 0.717) is 24.0 Å². The topological polar surface area (TPSA) is 84.3 Å². The Hall–Kier alpha value is -1.47. The highest BCUT2D eigenvalue weighted by molar-refractivity contribution is 9.10. The minimum Gasteiger partial charge on any atom is -0.351 e. The summed E-state index contributed by atoms with van der Waals surface area (Å²) in [4.78, 5) is 21.8. The lowest BCUT2D eigenvalue weighted by Crippen LogP contribution is -2.41. The number of nitrogens with zero attached hydrogens (tertiary/aromatic N) is 1. The molecule has 7 heteroatoms. The van der Waals surface area contributed by atoms with Crippen molar-refractivity contribution >= 4 is 27.5 Å². The summed E-state index contributed by atoms with van der Waals surface area (Å²) in [5, 5.41) is 16.7. The zero-order valence-electron chi connectivity index (χ0n) is 12.4. The third kappa shape index (κ3) is 6.68. The molecule has 1 aromatic rings. The van der Waals surface area contributed by atoms with E-state index in [4.69, 9.17) is 0 Å². The summed E-state index contributed by atoms with van der Waals surface area (Å²) in [6, 6.07) is 4.64. The van der Waals surface area contributed by atoms with E-state index in [1.807, 2.05) is 20.8 Å². The first kappa shape index (κ1) is 17.6. The third-order valence-corrected chi connectivity index (χ3v) is 3.34. The highest BCUT2D eigenvalue weighted by Gasteiger charge is 2.13. The summed E-state index contributed by atoms with van der Waals surface area (Å²) in [6.45, 7) is 6.90. The van der Waals surface area contributed by atoms with Crippen LogP contribution in [0.2, 0.25) is 0 Å². The van der Waals surface area contributed by atoms with Crippen LogP contribution < -0.4 is 10.6 Å². The van der Waals surface area contributed by atoms with Crippen LogP contribution in [-0.2, 0) is 11.3 Å². The number of amides is 1. The lowest BCUT2D eigenvalue weighted by molar-refractivity contribution is -0.384. The Morgan fingerprint density at radius 3 is 2.57 bits per heavy atom. The first-order chi connectivity index (χ1) is 9.69. The molecule has 0 atom stereocenters. The van der Waals surface area contributed by atoms with Crippen LogP contribution in [0.5, 0.6) is 0 Å². The molecule has 0 aliphatic heterocycles. The molecule has 0 aliphatic rings. The van der Waals surface area contributed by atoms with Crippen molar-refractivity contribution < 1.29 is 9.72 Å². The average molecular weight is 358 g/mol. The maximum absolute atomic E-state index is 11.6. The standard InChI is InChI=1S/C14H20BrN3O3/c1-14(2,3)17-13(19)6-7-16-9-10-4-5-11(18(20)21)8-12(10)15/h4-5,8,16H,6-7,9H2,1-3H3,(H,17,19). The van der Waals surface area contributed by atoms with Crippen molar-refractivity contribution in [1.29, 1.82) is 0 Å². The quantitative estimate of drug-likeness (QED) is 0.465. The van der Waals surface area contributed by atoms with Gasteiger partial charge in [-0.15, -0.1) is 0 Å². The maximum Gasteiger partial charge on any atom is 0.270 e. The van der Waals surface area contributed by atoms with Gasteiger partial charge in [0.2, 0.25) is 5.91 Å². The number of benzene rings is 1. The third-order valence-electron chi connectivity index (χ3n) is 2.61. The van der Waals surface area contributed by atoms with Crippen molar-refractivity contribution in [3.05, 3.63) is 38.3 Å². The summed E-state index contributed by atoms with van der Waals surface area (Å²) in [5.74, 6) is -0.00207. The number of halogens is 1. The number of non-ortho nitro benzene ring substituents is 1. The molecule has 6 nitrogen and oxygen atoms in total. The largest absolute Gasteiger partial charge is 0.351 e. The molecule has 0 aromatic heterocycles. The minimum atomic E-state index is -0.432. The number of carbonyl (C=O) groups excluding carboxylic acids is 1. The fourth-order valence-electron chi connectivity index (χ4n) is 1.70. The number of nitro benzene ring substituents is 1. The van der Waals surface area contributed by atoms with Gasteiger partial charge < -0.3 is 10.6 Å². The molecule has 1 amide bonds. The van der Waals surface area contributed by atoms with Crippen LogP contribution in [-0.4, -0.2) is 22.9 Å². The van der Waals surface area contributed by atoms with Crippen LogP contribution in [0, 0.1) is 10.1 Å². The van der Waals surface area contributed by atoms with Gasteiger partial charge in [-0.3, -0.25) is 14.9 Å². The number of rotatable bonds is 6. The van der Waals surface area contributed by atoms with Crippen LogP contribution >= 0.6 is 15.9 Å². The summed E-state index contributed by atoms with van der Waals surface area (Å²) >= 11 is 3.31. The van der Waals surface area contributed by atoms with Gasteiger partial charge in [-0.2, -0.15) is 0 Å². The Bertz CT molecular complexity index is 527. The van der Waals surface area contributed by atoms with Gasteiger partial charge in [0.25, 0.3) is 5.69 Å². The second-order valence-corrected chi connectivity index (χ2v) is 6.61. The molecular weight excluding hydrogens is 338 g/mol. The second kappa shape index (κ2) is 7.51. The van der Waals surface area contributed by atoms with E-state index in [1.165, 1.54) is 12.1 Å². The van der Waals surface area contributed by atoms with Gasteiger partial charge >= 0.3 is 0 Å². The van der Waals surface area contributed by atoms with E-state index < -0.39 is 4.92 Å². The zero-order valence-corrected chi connectivity index (χ0v) is 14.0. The fourth-order valence-corrected chi connectivity index (χ4v) is 2.21. The molecule has 0 heterocycles. The number of carbonyl (C=O) groups is 1. The predicted octanol–water partition coefficient (Wildman–Crippen LogP) is 2.75. The predicted molar refractivity (Wildman–Crippen MR) is 85.0 cm³/mol. The molecule has 0 fully saturated rings. The van der Waals surface area contributed by atoms with Crippen LogP contribution in [0.4, 0.5) is 5.69 Å². The lowest BCUT2D eigenvalue weighted by atomic mass is 10.1. The highest BCUT2D eigenvalue weighted by Crippen LogP contribution is 2.22. The van der Waals surface area contributed by atoms with Crippen molar-refractivity contribution in [2.24, 2.45) is 0 Å². The molecule has 1 rings (SSSR count). The SMILES string of the molecule is CC(C)(C)NC(=O)CCNCc1ccc([N+](=O)[O-])cc1Br. The Labute approximate surface area is 132 Å². The highest BCUT2D eigenvalue weighted by atomic mass is 79.9. The smallest absolute Gasteiger partial charge is 0.270 e. The molecular formula is C14H20BrN3O3. The van der Waals surface area contributed by atoms with Gasteiger partial charge in [0, 0.05) is 41.7 Å². The van der Waals surface area contributed by atoms with E-state index in [1.54, 1.807) is 6.07 Å². The summed E-state index contributed by atoms with van der Waals surface area (Å²) < 4.78 is 0.684. The molecule has 116 valence electrons. The molecule has 0 spiro atoms. The molecule has 0 unspecified atom stereocenters. The Morgan fingerprint density at radius 1 is 1.38 bits per heavy atom. The van der Waals surface area contributed by atoms with Crippen LogP contribution in [0.1, 0.15) is 32.8 Å². The Kier molecular flexibility index (Phi) is 6.29. The molecule has 2 N–H and O–H groups in total. The Morgan fingerprint density at radius 2 is 2.05 bits per heavy atom. The van der Waals surface area contributed by atoms with E-state index in [0.717, 1.165) is 5.56 Å². The number of nitro groups is 1. The van der Waals surface area contributed by atoms with Gasteiger partial charge in [0.1, 0.15) is 0 Å². The van der Waals surface area contributed by atoms with Gasteiger partial charge in [0.15, 0.2) is 0 Å². The summed E-state index contributed by atoms with van der Waals surface area (Å²) in [7, 11) is 0. The van der Waals surface area contributed by atoms with E-state index in [9.17, 15) is 14.9 Å². The van der Waals surface area contributed by atoms with Crippen molar-refractivity contribution in [3.8, 4) is 0 Å². The maximum atomic E-state index is 11.6. The number of hydrogen-bond acceptors (Lipinski definition) is 4.